The predicted molar refractivity (Wildman–Crippen MR) is 91.0 cm³/mol. The number of nitrogens with one attached hydrogen (secondary N) is 2. The van der Waals surface area contributed by atoms with Gasteiger partial charge >= 0.3 is 6.09 Å². The summed E-state index contributed by atoms with van der Waals surface area (Å²) in [6.45, 7) is 7.49. The van der Waals surface area contributed by atoms with E-state index in [0.29, 0.717) is 5.82 Å². The van der Waals surface area contributed by atoms with Crippen molar-refractivity contribution in [1.82, 2.24) is 10.2 Å². The number of nitrogens with zero attached hydrogens (tertiary/aromatic N) is 1. The number of carbonyl (C=O) groups is 1. The molecule has 0 aliphatic carbocycles. The van der Waals surface area contributed by atoms with Gasteiger partial charge < -0.3 is 4.74 Å². The first-order valence-corrected chi connectivity index (χ1v) is 7.92. The van der Waals surface area contributed by atoms with Crippen LogP contribution in [-0.2, 0) is 11.2 Å². The van der Waals surface area contributed by atoms with Crippen molar-refractivity contribution < 1.29 is 9.53 Å². The Labute approximate surface area is 138 Å². The van der Waals surface area contributed by atoms with Gasteiger partial charge in [0.2, 0.25) is 0 Å². The van der Waals surface area contributed by atoms with Crippen LogP contribution in [0.3, 0.4) is 0 Å². The third kappa shape index (κ3) is 4.10. The van der Waals surface area contributed by atoms with Gasteiger partial charge in [-0.05, 0) is 44.9 Å². The minimum Gasteiger partial charge on any atom is -0.444 e. The van der Waals surface area contributed by atoms with Crippen molar-refractivity contribution in [2.75, 3.05) is 5.32 Å². The molecule has 0 aliphatic heterocycles. The number of benzene rings is 1. The SMILES string of the molecule is CCc1c(NC(=O)OC(C)(C)C)n[nH]c1-c1ccc(Br)cc1. The Morgan fingerprint density at radius 2 is 1.95 bits per heavy atom. The first-order chi connectivity index (χ1) is 10.3. The fourth-order valence-electron chi connectivity index (χ4n) is 2.07. The second-order valence-electron chi connectivity index (χ2n) is 5.91. The van der Waals surface area contributed by atoms with Crippen LogP contribution in [-0.4, -0.2) is 21.9 Å². The highest BCUT2D eigenvalue weighted by atomic mass is 79.9. The van der Waals surface area contributed by atoms with Crippen molar-refractivity contribution >= 4 is 27.8 Å². The summed E-state index contributed by atoms with van der Waals surface area (Å²) in [4.78, 5) is 11.9. The lowest BCUT2D eigenvalue weighted by Gasteiger charge is -2.19. The number of anilines is 1. The molecule has 5 nitrogen and oxygen atoms in total. The van der Waals surface area contributed by atoms with Crippen LogP contribution in [0, 0.1) is 0 Å². The molecule has 2 rings (SSSR count). The third-order valence-corrected chi connectivity index (χ3v) is 3.50. The summed E-state index contributed by atoms with van der Waals surface area (Å²) in [5.74, 6) is 0.509. The number of halogens is 1. The average molecular weight is 366 g/mol. The van der Waals surface area contributed by atoms with Gasteiger partial charge in [-0.3, -0.25) is 10.4 Å². The molecule has 0 radical (unpaired) electrons. The predicted octanol–water partition coefficient (Wildman–Crippen LogP) is 4.75. The van der Waals surface area contributed by atoms with E-state index in [1.807, 2.05) is 52.0 Å². The van der Waals surface area contributed by atoms with Crippen LogP contribution in [0.25, 0.3) is 11.3 Å². The Morgan fingerprint density at radius 3 is 2.50 bits per heavy atom. The highest BCUT2D eigenvalue weighted by Crippen LogP contribution is 2.28. The van der Waals surface area contributed by atoms with Crippen LogP contribution in [0.1, 0.15) is 33.3 Å². The van der Waals surface area contributed by atoms with Crippen LogP contribution in [0.4, 0.5) is 10.6 Å². The molecule has 6 heteroatoms. The topological polar surface area (TPSA) is 67.0 Å². The van der Waals surface area contributed by atoms with Crippen LogP contribution in [0.5, 0.6) is 0 Å². The normalized spacial score (nSPS) is 11.3. The summed E-state index contributed by atoms with van der Waals surface area (Å²) in [5, 5.41) is 9.91. The summed E-state index contributed by atoms with van der Waals surface area (Å²) < 4.78 is 6.28. The van der Waals surface area contributed by atoms with Gasteiger partial charge in [0.25, 0.3) is 0 Å². The van der Waals surface area contributed by atoms with E-state index in [1.54, 1.807) is 0 Å². The Bertz CT molecular complexity index is 657. The van der Waals surface area contributed by atoms with E-state index >= 15 is 0 Å². The number of amides is 1. The molecule has 1 aromatic heterocycles. The fourth-order valence-corrected chi connectivity index (χ4v) is 2.33. The van der Waals surface area contributed by atoms with E-state index in [9.17, 15) is 4.79 Å². The van der Waals surface area contributed by atoms with Gasteiger partial charge in [-0.15, -0.1) is 0 Å². The quantitative estimate of drug-likeness (QED) is 0.824. The maximum absolute atomic E-state index is 11.9. The van der Waals surface area contributed by atoms with Gasteiger partial charge in [0, 0.05) is 10.0 Å². The highest BCUT2D eigenvalue weighted by molar-refractivity contribution is 9.10. The van der Waals surface area contributed by atoms with E-state index in [1.165, 1.54) is 0 Å². The molecule has 1 aromatic carbocycles. The van der Waals surface area contributed by atoms with Crippen molar-refractivity contribution in [3.05, 3.63) is 34.3 Å². The second-order valence-corrected chi connectivity index (χ2v) is 6.83. The lowest BCUT2D eigenvalue weighted by atomic mass is 10.1. The summed E-state index contributed by atoms with van der Waals surface area (Å²) >= 11 is 3.42. The van der Waals surface area contributed by atoms with Crippen molar-refractivity contribution in [3.8, 4) is 11.3 Å². The van der Waals surface area contributed by atoms with Crippen LogP contribution < -0.4 is 5.32 Å². The number of aromatic nitrogens is 2. The lowest BCUT2D eigenvalue weighted by Crippen LogP contribution is -2.27. The standard InChI is InChI=1S/C16H20BrN3O2/c1-5-12-13(10-6-8-11(17)9-7-10)19-20-14(12)18-15(21)22-16(2,3)4/h6-9H,5H2,1-4H3,(H2,18,19,20,21). The van der Waals surface area contributed by atoms with Gasteiger partial charge in [0.15, 0.2) is 5.82 Å². The zero-order valence-corrected chi connectivity index (χ0v) is 14.7. The first kappa shape index (κ1) is 16.5. The second kappa shape index (κ2) is 6.52. The molecule has 0 bridgehead atoms. The Balaban J connectivity index is 2.24. The molecule has 0 fully saturated rings. The summed E-state index contributed by atoms with van der Waals surface area (Å²) in [7, 11) is 0. The van der Waals surface area contributed by atoms with Gasteiger partial charge in [0.1, 0.15) is 5.60 Å². The van der Waals surface area contributed by atoms with Crippen molar-refractivity contribution in [2.24, 2.45) is 0 Å². The molecule has 118 valence electrons. The molecule has 1 heterocycles. The minimum atomic E-state index is -0.540. The van der Waals surface area contributed by atoms with Gasteiger partial charge in [-0.2, -0.15) is 5.10 Å². The van der Waals surface area contributed by atoms with Crippen molar-refractivity contribution in [3.63, 3.8) is 0 Å². The van der Waals surface area contributed by atoms with Crippen LogP contribution in [0.2, 0.25) is 0 Å². The molecule has 0 unspecified atom stereocenters. The number of carbonyl (C=O) groups excluding carboxylic acids is 1. The fraction of sp³-hybridized carbons (Fsp3) is 0.375. The minimum absolute atomic E-state index is 0.504. The zero-order chi connectivity index (χ0) is 16.3. The first-order valence-electron chi connectivity index (χ1n) is 7.13. The summed E-state index contributed by atoms with van der Waals surface area (Å²) in [6, 6.07) is 7.93. The molecular formula is C16H20BrN3O2. The number of aromatic amines is 1. The number of ether oxygens (including phenoxy) is 1. The Hall–Kier alpha value is -1.82. The number of H-pyrrole nitrogens is 1. The Kier molecular flexibility index (Phi) is 4.90. The van der Waals surface area contributed by atoms with Crippen molar-refractivity contribution in [1.29, 1.82) is 0 Å². The molecule has 0 saturated heterocycles. The van der Waals surface area contributed by atoms with Crippen molar-refractivity contribution in [2.45, 2.75) is 39.7 Å². The monoisotopic (exact) mass is 365 g/mol. The molecule has 0 aliphatic rings. The molecule has 2 aromatic rings. The Morgan fingerprint density at radius 1 is 1.32 bits per heavy atom. The molecule has 0 saturated carbocycles. The molecule has 2 N–H and O–H groups in total. The summed E-state index contributed by atoms with van der Waals surface area (Å²) in [6.07, 6.45) is 0.239. The largest absolute Gasteiger partial charge is 0.444 e. The molecule has 1 amide bonds. The summed E-state index contributed by atoms with van der Waals surface area (Å²) in [5.41, 5.74) is 2.33. The van der Waals surface area contributed by atoms with Crippen LogP contribution >= 0.6 is 15.9 Å². The number of hydrogen-bond donors (Lipinski definition) is 2. The maximum atomic E-state index is 11.9. The lowest BCUT2D eigenvalue weighted by molar-refractivity contribution is 0.0635. The van der Waals surface area contributed by atoms with Gasteiger partial charge in [-0.25, -0.2) is 4.79 Å². The van der Waals surface area contributed by atoms with Crippen LogP contribution in [0.15, 0.2) is 28.7 Å². The third-order valence-electron chi connectivity index (χ3n) is 2.97. The number of hydrogen-bond acceptors (Lipinski definition) is 3. The molecular weight excluding hydrogens is 346 g/mol. The van der Waals surface area contributed by atoms with E-state index < -0.39 is 11.7 Å². The highest BCUT2D eigenvalue weighted by Gasteiger charge is 2.20. The zero-order valence-electron chi connectivity index (χ0n) is 13.2. The smallest absolute Gasteiger partial charge is 0.413 e. The molecule has 0 atom stereocenters. The van der Waals surface area contributed by atoms with E-state index in [-0.39, 0.29) is 0 Å². The molecule has 0 spiro atoms. The van der Waals surface area contributed by atoms with E-state index in [2.05, 4.69) is 31.4 Å². The average Bonchev–Trinajstić information content (AvgIpc) is 2.80. The molecule has 22 heavy (non-hydrogen) atoms. The number of rotatable bonds is 3. The van der Waals surface area contributed by atoms with Gasteiger partial charge in [0.05, 0.1) is 5.69 Å². The van der Waals surface area contributed by atoms with E-state index in [0.717, 1.165) is 27.7 Å². The van der Waals surface area contributed by atoms with Gasteiger partial charge in [-0.1, -0.05) is 35.0 Å². The maximum Gasteiger partial charge on any atom is 0.413 e. The van der Waals surface area contributed by atoms with E-state index in [4.69, 9.17) is 4.74 Å².